The van der Waals surface area contributed by atoms with E-state index in [1.165, 1.54) is 49.0 Å². The maximum atomic E-state index is 10.7. The van der Waals surface area contributed by atoms with Crippen LogP contribution < -0.4 is 0 Å². The summed E-state index contributed by atoms with van der Waals surface area (Å²) in [5, 5.41) is 19.4. The van der Waals surface area contributed by atoms with Crippen molar-refractivity contribution in [2.75, 3.05) is 5.75 Å². The molecule has 0 spiro atoms. The lowest BCUT2D eigenvalue weighted by atomic mass is 9.63. The molecule has 1 saturated heterocycles. The third-order valence-electron chi connectivity index (χ3n) is 8.23. The Hall–Kier alpha value is -1.59. The van der Waals surface area contributed by atoms with Gasteiger partial charge in [-0.1, -0.05) is 92.8 Å². The molecule has 2 aromatic carbocycles. The first kappa shape index (κ1) is 32.6. The second kappa shape index (κ2) is 15.9. The van der Waals surface area contributed by atoms with Crippen molar-refractivity contribution in [2.24, 2.45) is 11.8 Å². The molecule has 3 unspecified atom stereocenters. The number of phenolic OH excluding ortho intramolecular Hbond substituents is 2. The molecule has 3 nitrogen and oxygen atoms in total. The van der Waals surface area contributed by atoms with E-state index in [1.807, 2.05) is 45.9 Å². The number of carbonyl (C=O) groups excluding carboxylic acids is 1. The van der Waals surface area contributed by atoms with Crippen LogP contribution in [0.25, 0.3) is 0 Å². The molecule has 3 atom stereocenters. The second-order valence-electron chi connectivity index (χ2n) is 11.5. The van der Waals surface area contributed by atoms with Crippen molar-refractivity contribution in [1.82, 2.24) is 0 Å². The Morgan fingerprint density at radius 3 is 1.97 bits per heavy atom. The normalized spacial score (nSPS) is 18.9. The van der Waals surface area contributed by atoms with Crippen LogP contribution in [-0.4, -0.2) is 26.5 Å². The zero-order chi connectivity index (χ0) is 28.2. The number of Topliss-reactive ketones (excluding diaryl/α,β-unsaturated/α-hetero) is 1. The monoisotopic (exact) mass is 558 g/mol. The van der Waals surface area contributed by atoms with Crippen LogP contribution >= 0.6 is 21.6 Å². The summed E-state index contributed by atoms with van der Waals surface area (Å²) in [6.07, 6.45) is 10.3. The van der Waals surface area contributed by atoms with Crippen molar-refractivity contribution in [1.29, 1.82) is 0 Å². The quantitative estimate of drug-likeness (QED) is 0.189. The highest BCUT2D eigenvalue weighted by molar-refractivity contribution is 8.77. The fourth-order valence-electron chi connectivity index (χ4n) is 5.42. The number of phenols is 2. The largest absolute Gasteiger partial charge is 0.508 e. The first-order chi connectivity index (χ1) is 18.0. The standard InChI is InChI=1S/C23H32O2.C10H18OS2/c1-5-7-20(16-17(3)6-2)23(4,18-8-12-21(24)13-9-18)19-10-14-22(25)15-11-19;1-9(11)5-3-4-6-10(2)7-8-12-13-10/h8-15,17,20,24-25H,5-7,16H2,1-4H3;3-8H2,1-2H3. The highest BCUT2D eigenvalue weighted by Gasteiger charge is 2.37. The molecular formula is C33H50O3S2. The van der Waals surface area contributed by atoms with Crippen LogP contribution in [0.2, 0.25) is 0 Å². The van der Waals surface area contributed by atoms with Gasteiger partial charge in [-0.05, 0) is 93.2 Å². The Morgan fingerprint density at radius 1 is 1.00 bits per heavy atom. The molecule has 0 aromatic heterocycles. The zero-order valence-corrected chi connectivity index (χ0v) is 26.1. The molecule has 1 heterocycles. The van der Waals surface area contributed by atoms with Gasteiger partial charge >= 0.3 is 0 Å². The Kier molecular flexibility index (Phi) is 13.6. The summed E-state index contributed by atoms with van der Waals surface area (Å²) < 4.78 is 0.501. The second-order valence-corrected chi connectivity index (χ2v) is 14.5. The van der Waals surface area contributed by atoms with Gasteiger partial charge in [-0.2, -0.15) is 0 Å². The predicted octanol–water partition coefficient (Wildman–Crippen LogP) is 9.94. The van der Waals surface area contributed by atoms with Crippen LogP contribution in [-0.2, 0) is 10.2 Å². The maximum Gasteiger partial charge on any atom is 0.129 e. The molecule has 2 aromatic rings. The van der Waals surface area contributed by atoms with Gasteiger partial charge in [0.15, 0.2) is 0 Å². The number of hydrogen-bond donors (Lipinski definition) is 2. The lowest BCUT2D eigenvalue weighted by Crippen LogP contribution is -2.34. The first-order valence-corrected chi connectivity index (χ1v) is 16.7. The number of aromatic hydroxyl groups is 2. The van der Waals surface area contributed by atoms with Gasteiger partial charge in [0.05, 0.1) is 0 Å². The molecule has 1 aliphatic heterocycles. The van der Waals surface area contributed by atoms with E-state index in [0.717, 1.165) is 25.7 Å². The Labute approximate surface area is 240 Å². The van der Waals surface area contributed by atoms with Gasteiger partial charge < -0.3 is 15.0 Å². The van der Waals surface area contributed by atoms with E-state index in [9.17, 15) is 15.0 Å². The van der Waals surface area contributed by atoms with E-state index < -0.39 is 0 Å². The fraction of sp³-hybridized carbons (Fsp3) is 0.606. The van der Waals surface area contributed by atoms with Crippen molar-refractivity contribution in [3.8, 4) is 11.5 Å². The molecule has 1 fully saturated rings. The van der Waals surface area contributed by atoms with Crippen LogP contribution in [0.5, 0.6) is 11.5 Å². The van der Waals surface area contributed by atoms with Crippen molar-refractivity contribution in [3.63, 3.8) is 0 Å². The summed E-state index contributed by atoms with van der Waals surface area (Å²) in [6.45, 7) is 13.2. The number of benzene rings is 2. The van der Waals surface area contributed by atoms with Crippen LogP contribution in [0.3, 0.4) is 0 Å². The van der Waals surface area contributed by atoms with E-state index >= 15 is 0 Å². The minimum Gasteiger partial charge on any atom is -0.508 e. The average molecular weight is 559 g/mol. The summed E-state index contributed by atoms with van der Waals surface area (Å²) in [7, 11) is 4.03. The first-order valence-electron chi connectivity index (χ1n) is 14.4. The van der Waals surface area contributed by atoms with E-state index in [2.05, 4.69) is 34.6 Å². The third-order valence-corrected chi connectivity index (χ3v) is 11.6. The van der Waals surface area contributed by atoms with Crippen LogP contribution in [0.15, 0.2) is 48.5 Å². The summed E-state index contributed by atoms with van der Waals surface area (Å²) in [5.41, 5.74) is 2.29. The maximum absolute atomic E-state index is 10.7. The van der Waals surface area contributed by atoms with E-state index in [4.69, 9.17) is 0 Å². The Morgan fingerprint density at radius 2 is 1.55 bits per heavy atom. The molecule has 1 aliphatic rings. The third kappa shape index (κ3) is 9.86. The van der Waals surface area contributed by atoms with Crippen LogP contribution in [0.4, 0.5) is 0 Å². The van der Waals surface area contributed by atoms with E-state index in [-0.39, 0.29) is 5.41 Å². The molecule has 3 rings (SSSR count). The highest BCUT2D eigenvalue weighted by Crippen LogP contribution is 2.49. The Balaban J connectivity index is 0.000000328. The molecule has 0 aliphatic carbocycles. The summed E-state index contributed by atoms with van der Waals surface area (Å²) in [6, 6.07) is 15.3. The SMILES string of the molecule is CC(=O)CCCCC1(C)CCSS1.CCCC(CC(C)CC)C(C)(c1ccc(O)cc1)c1ccc(O)cc1. The van der Waals surface area contributed by atoms with Gasteiger partial charge in [-0.25, -0.2) is 0 Å². The summed E-state index contributed by atoms with van der Waals surface area (Å²) >= 11 is 0. The van der Waals surface area contributed by atoms with Crippen molar-refractivity contribution < 1.29 is 15.0 Å². The number of carbonyl (C=O) groups is 1. The fourth-order valence-corrected chi connectivity index (χ4v) is 8.72. The molecule has 5 heteroatoms. The van der Waals surface area contributed by atoms with Crippen molar-refractivity contribution in [3.05, 3.63) is 59.7 Å². The number of ketones is 1. The number of unbranched alkanes of at least 4 members (excludes halogenated alkanes) is 1. The zero-order valence-electron chi connectivity index (χ0n) is 24.5. The molecule has 0 radical (unpaired) electrons. The molecule has 0 amide bonds. The molecule has 0 saturated carbocycles. The lowest BCUT2D eigenvalue weighted by molar-refractivity contribution is -0.117. The topological polar surface area (TPSA) is 57.5 Å². The number of rotatable bonds is 13. The smallest absolute Gasteiger partial charge is 0.129 e. The predicted molar refractivity (Wildman–Crippen MR) is 167 cm³/mol. The minimum absolute atomic E-state index is 0.152. The summed E-state index contributed by atoms with van der Waals surface area (Å²) in [4.78, 5) is 10.7. The van der Waals surface area contributed by atoms with E-state index in [0.29, 0.717) is 33.9 Å². The van der Waals surface area contributed by atoms with Gasteiger partial charge in [0.25, 0.3) is 0 Å². The molecule has 212 valence electrons. The van der Waals surface area contributed by atoms with Gasteiger partial charge in [-0.15, -0.1) is 0 Å². The van der Waals surface area contributed by atoms with Crippen LogP contribution in [0, 0.1) is 11.8 Å². The minimum atomic E-state index is -0.152. The van der Waals surface area contributed by atoms with Gasteiger partial charge in [0, 0.05) is 22.3 Å². The van der Waals surface area contributed by atoms with Gasteiger partial charge in [0.1, 0.15) is 17.3 Å². The Bertz CT molecular complexity index is 904. The van der Waals surface area contributed by atoms with Gasteiger partial charge in [-0.3, -0.25) is 0 Å². The molecular weight excluding hydrogens is 508 g/mol. The number of hydrogen-bond acceptors (Lipinski definition) is 5. The average Bonchev–Trinajstić information content (AvgIpc) is 3.33. The molecule has 0 bridgehead atoms. The van der Waals surface area contributed by atoms with Gasteiger partial charge in [0.2, 0.25) is 0 Å². The van der Waals surface area contributed by atoms with Crippen LogP contribution in [0.1, 0.15) is 110 Å². The molecule has 2 N–H and O–H groups in total. The lowest BCUT2D eigenvalue weighted by Gasteiger charge is -2.40. The van der Waals surface area contributed by atoms with Crippen molar-refractivity contribution >= 4 is 27.4 Å². The molecule has 38 heavy (non-hydrogen) atoms. The highest BCUT2D eigenvalue weighted by atomic mass is 33.1. The van der Waals surface area contributed by atoms with Crippen molar-refractivity contribution in [2.45, 2.75) is 109 Å². The van der Waals surface area contributed by atoms with E-state index in [1.54, 1.807) is 31.2 Å². The summed E-state index contributed by atoms with van der Waals surface area (Å²) in [5.74, 6) is 3.40.